The second-order valence-electron chi connectivity index (χ2n) is 6.66. The summed E-state index contributed by atoms with van der Waals surface area (Å²) >= 11 is 0. The summed E-state index contributed by atoms with van der Waals surface area (Å²) in [6, 6.07) is 21.9. The number of methoxy groups -OCH3 is 1. The van der Waals surface area contributed by atoms with E-state index in [1.54, 1.807) is 67.9 Å². The Kier molecular flexibility index (Phi) is 5.84. The zero-order valence-electron chi connectivity index (χ0n) is 16.7. The number of carbonyl (C=O) groups is 1. The lowest BCUT2D eigenvalue weighted by Crippen LogP contribution is -2.11. The minimum atomic E-state index is -0.312. The summed E-state index contributed by atoms with van der Waals surface area (Å²) in [5.41, 5.74) is 2.65. The van der Waals surface area contributed by atoms with Crippen LogP contribution in [-0.4, -0.2) is 23.0 Å². The smallest absolute Gasteiger partial charge is 0.255 e. The monoisotopic (exact) mass is 414 g/mol. The maximum absolute atomic E-state index is 13.1. The summed E-state index contributed by atoms with van der Waals surface area (Å²) in [5, 5.41) is 6.03. The molecule has 7 heteroatoms. The molecule has 4 aromatic rings. The maximum Gasteiger partial charge on any atom is 0.255 e. The summed E-state index contributed by atoms with van der Waals surface area (Å²) in [7, 11) is 1.58. The number of hydrogen-bond acceptors (Lipinski definition) is 5. The van der Waals surface area contributed by atoms with E-state index in [-0.39, 0.29) is 11.7 Å². The zero-order valence-corrected chi connectivity index (χ0v) is 16.7. The number of ether oxygens (including phenoxy) is 1. The van der Waals surface area contributed by atoms with Crippen molar-refractivity contribution in [3.05, 3.63) is 96.4 Å². The molecule has 31 heavy (non-hydrogen) atoms. The first-order valence-corrected chi connectivity index (χ1v) is 9.52. The fourth-order valence-corrected chi connectivity index (χ4v) is 2.92. The van der Waals surface area contributed by atoms with Crippen LogP contribution in [0.4, 0.5) is 21.6 Å². The number of aromatic nitrogens is 2. The number of rotatable bonds is 6. The van der Waals surface area contributed by atoms with Gasteiger partial charge >= 0.3 is 0 Å². The average Bonchev–Trinajstić information content (AvgIpc) is 2.80. The molecule has 0 unspecified atom stereocenters. The van der Waals surface area contributed by atoms with Gasteiger partial charge in [0.2, 0.25) is 0 Å². The first-order valence-electron chi connectivity index (χ1n) is 9.52. The van der Waals surface area contributed by atoms with Gasteiger partial charge in [0, 0.05) is 34.8 Å². The normalized spacial score (nSPS) is 10.4. The molecular formula is C24H19FN4O2. The number of nitrogens with zero attached hydrogens (tertiary/aromatic N) is 2. The Morgan fingerprint density at radius 2 is 1.71 bits per heavy atom. The molecule has 0 saturated heterocycles. The standard InChI is InChI=1S/C24H19FN4O2/c1-31-21-4-2-3-20(15-21)28-24(30)17-7-11-19(12-8-17)27-22-13-14-26-23(29-22)16-5-9-18(25)10-6-16/h2-15H,1H3,(H,28,30)(H,26,27,29). The Bertz CT molecular complexity index is 1190. The second kappa shape index (κ2) is 9.04. The van der Waals surface area contributed by atoms with Gasteiger partial charge in [-0.2, -0.15) is 0 Å². The van der Waals surface area contributed by atoms with Crippen LogP contribution in [0.25, 0.3) is 11.4 Å². The molecule has 0 saturated carbocycles. The summed E-state index contributed by atoms with van der Waals surface area (Å²) < 4.78 is 18.3. The summed E-state index contributed by atoms with van der Waals surface area (Å²) in [6.07, 6.45) is 1.63. The fraction of sp³-hybridized carbons (Fsp3) is 0.0417. The highest BCUT2D eigenvalue weighted by atomic mass is 19.1. The first-order chi connectivity index (χ1) is 15.1. The van der Waals surface area contributed by atoms with Crippen LogP contribution < -0.4 is 15.4 Å². The minimum absolute atomic E-state index is 0.222. The predicted octanol–water partition coefficient (Wildman–Crippen LogP) is 5.29. The Labute approximate surface area is 178 Å². The molecule has 2 N–H and O–H groups in total. The SMILES string of the molecule is COc1cccc(NC(=O)c2ccc(Nc3ccnc(-c4ccc(F)cc4)n3)cc2)c1. The molecule has 1 aromatic heterocycles. The van der Waals surface area contributed by atoms with E-state index in [0.29, 0.717) is 28.6 Å². The van der Waals surface area contributed by atoms with Crippen LogP contribution in [0.15, 0.2) is 85.1 Å². The summed E-state index contributed by atoms with van der Waals surface area (Å²) in [6.45, 7) is 0. The van der Waals surface area contributed by atoms with Gasteiger partial charge in [-0.15, -0.1) is 0 Å². The van der Waals surface area contributed by atoms with Gasteiger partial charge in [-0.1, -0.05) is 6.07 Å². The molecule has 1 amide bonds. The Morgan fingerprint density at radius 1 is 0.935 bits per heavy atom. The number of amides is 1. The van der Waals surface area contributed by atoms with Crippen LogP contribution >= 0.6 is 0 Å². The number of anilines is 3. The van der Waals surface area contributed by atoms with E-state index in [1.807, 2.05) is 12.1 Å². The number of carbonyl (C=O) groups excluding carboxylic acids is 1. The molecule has 0 fully saturated rings. The van der Waals surface area contributed by atoms with Crippen LogP contribution in [0.5, 0.6) is 5.75 Å². The Balaban J connectivity index is 1.44. The number of halogens is 1. The van der Waals surface area contributed by atoms with Crippen LogP contribution in [-0.2, 0) is 0 Å². The first kappa shape index (κ1) is 20.0. The molecule has 4 rings (SSSR count). The minimum Gasteiger partial charge on any atom is -0.497 e. The van der Waals surface area contributed by atoms with E-state index in [4.69, 9.17) is 4.74 Å². The van der Waals surface area contributed by atoms with Crippen molar-refractivity contribution in [1.82, 2.24) is 9.97 Å². The van der Waals surface area contributed by atoms with E-state index in [2.05, 4.69) is 20.6 Å². The van der Waals surface area contributed by atoms with Gasteiger partial charge in [0.1, 0.15) is 17.4 Å². The van der Waals surface area contributed by atoms with Gasteiger partial charge in [-0.05, 0) is 66.7 Å². The quantitative estimate of drug-likeness (QED) is 0.449. The molecule has 0 aliphatic rings. The van der Waals surface area contributed by atoms with Crippen LogP contribution in [0.2, 0.25) is 0 Å². The van der Waals surface area contributed by atoms with Gasteiger partial charge < -0.3 is 15.4 Å². The number of benzene rings is 3. The lowest BCUT2D eigenvalue weighted by atomic mass is 10.2. The molecule has 6 nitrogen and oxygen atoms in total. The van der Waals surface area contributed by atoms with E-state index >= 15 is 0 Å². The molecule has 3 aromatic carbocycles. The van der Waals surface area contributed by atoms with Crippen molar-refractivity contribution in [3.63, 3.8) is 0 Å². The van der Waals surface area contributed by atoms with Gasteiger partial charge in [0.25, 0.3) is 5.91 Å². The molecule has 0 radical (unpaired) electrons. The molecular weight excluding hydrogens is 395 g/mol. The lowest BCUT2D eigenvalue weighted by molar-refractivity contribution is 0.102. The molecule has 0 atom stereocenters. The van der Waals surface area contributed by atoms with E-state index in [9.17, 15) is 9.18 Å². The van der Waals surface area contributed by atoms with Crippen molar-refractivity contribution in [2.24, 2.45) is 0 Å². The lowest BCUT2D eigenvalue weighted by Gasteiger charge is -2.09. The third-order valence-electron chi connectivity index (χ3n) is 4.51. The predicted molar refractivity (Wildman–Crippen MR) is 118 cm³/mol. The summed E-state index contributed by atoms with van der Waals surface area (Å²) in [5.74, 6) is 1.21. The van der Waals surface area contributed by atoms with Crippen LogP contribution in [0, 0.1) is 5.82 Å². The van der Waals surface area contributed by atoms with Gasteiger partial charge in [0.05, 0.1) is 7.11 Å². The highest BCUT2D eigenvalue weighted by molar-refractivity contribution is 6.04. The Hall–Kier alpha value is -4.26. The van der Waals surface area contributed by atoms with E-state index in [1.165, 1.54) is 12.1 Å². The largest absolute Gasteiger partial charge is 0.497 e. The van der Waals surface area contributed by atoms with Crippen molar-refractivity contribution in [2.45, 2.75) is 0 Å². The van der Waals surface area contributed by atoms with E-state index in [0.717, 1.165) is 11.3 Å². The van der Waals surface area contributed by atoms with Crippen LogP contribution in [0.1, 0.15) is 10.4 Å². The maximum atomic E-state index is 13.1. The van der Waals surface area contributed by atoms with Crippen molar-refractivity contribution < 1.29 is 13.9 Å². The number of nitrogens with one attached hydrogen (secondary N) is 2. The molecule has 0 aliphatic heterocycles. The molecule has 154 valence electrons. The molecule has 1 heterocycles. The molecule has 0 aliphatic carbocycles. The van der Waals surface area contributed by atoms with Crippen molar-refractivity contribution in [1.29, 1.82) is 0 Å². The van der Waals surface area contributed by atoms with Crippen LogP contribution in [0.3, 0.4) is 0 Å². The second-order valence-corrected chi connectivity index (χ2v) is 6.66. The zero-order chi connectivity index (χ0) is 21.6. The van der Waals surface area contributed by atoms with Crippen molar-refractivity contribution in [3.8, 4) is 17.1 Å². The van der Waals surface area contributed by atoms with E-state index < -0.39 is 0 Å². The summed E-state index contributed by atoms with van der Waals surface area (Å²) in [4.78, 5) is 21.2. The molecule has 0 spiro atoms. The van der Waals surface area contributed by atoms with Gasteiger partial charge in [0.15, 0.2) is 5.82 Å². The van der Waals surface area contributed by atoms with Crippen molar-refractivity contribution in [2.75, 3.05) is 17.7 Å². The van der Waals surface area contributed by atoms with Crippen molar-refractivity contribution >= 4 is 23.1 Å². The Morgan fingerprint density at radius 3 is 2.45 bits per heavy atom. The topological polar surface area (TPSA) is 76.1 Å². The number of hydrogen-bond donors (Lipinski definition) is 2. The van der Waals surface area contributed by atoms with Gasteiger partial charge in [-0.25, -0.2) is 14.4 Å². The fourth-order valence-electron chi connectivity index (χ4n) is 2.92. The van der Waals surface area contributed by atoms with Gasteiger partial charge in [-0.3, -0.25) is 4.79 Å². The highest BCUT2D eigenvalue weighted by Gasteiger charge is 2.08. The third kappa shape index (κ3) is 5.02. The average molecular weight is 414 g/mol. The third-order valence-corrected chi connectivity index (χ3v) is 4.51. The molecule has 0 bridgehead atoms. The highest BCUT2D eigenvalue weighted by Crippen LogP contribution is 2.21.